The summed E-state index contributed by atoms with van der Waals surface area (Å²) in [6.45, 7) is 9.49. The predicted molar refractivity (Wildman–Crippen MR) is 82.6 cm³/mol. The van der Waals surface area contributed by atoms with Gasteiger partial charge in [-0.1, -0.05) is 31.0 Å². The highest BCUT2D eigenvalue weighted by molar-refractivity contribution is 6.30. The highest BCUT2D eigenvalue weighted by Gasteiger charge is 2.31. The van der Waals surface area contributed by atoms with E-state index >= 15 is 0 Å². The summed E-state index contributed by atoms with van der Waals surface area (Å²) < 4.78 is 13.2. The molecule has 1 aromatic rings. The maximum absolute atomic E-state index is 13.2. The van der Waals surface area contributed by atoms with Crippen molar-refractivity contribution in [2.45, 2.75) is 51.7 Å². The zero-order valence-electron chi connectivity index (χ0n) is 12.5. The second-order valence-electron chi connectivity index (χ2n) is 6.36. The number of piperazine rings is 1. The number of hydrogen-bond donors (Lipinski definition) is 1. The lowest BCUT2D eigenvalue weighted by Crippen LogP contribution is -2.61. The Morgan fingerprint density at radius 3 is 2.85 bits per heavy atom. The van der Waals surface area contributed by atoms with Crippen LogP contribution in [-0.2, 0) is 6.54 Å². The third-order valence-electron chi connectivity index (χ3n) is 3.92. The summed E-state index contributed by atoms with van der Waals surface area (Å²) in [6, 6.07) is 5.57. The van der Waals surface area contributed by atoms with E-state index in [9.17, 15) is 4.39 Å². The molecule has 1 heterocycles. The minimum Gasteiger partial charge on any atom is -0.309 e. The Morgan fingerprint density at radius 2 is 2.20 bits per heavy atom. The molecule has 0 saturated carbocycles. The van der Waals surface area contributed by atoms with Crippen LogP contribution in [0.2, 0.25) is 5.02 Å². The third kappa shape index (κ3) is 3.94. The average molecular weight is 299 g/mol. The van der Waals surface area contributed by atoms with Crippen molar-refractivity contribution in [3.8, 4) is 0 Å². The van der Waals surface area contributed by atoms with E-state index < -0.39 is 0 Å². The first kappa shape index (κ1) is 15.7. The zero-order chi connectivity index (χ0) is 14.8. The van der Waals surface area contributed by atoms with Gasteiger partial charge in [0.25, 0.3) is 0 Å². The Kier molecular flexibility index (Phi) is 5.05. The smallest absolute Gasteiger partial charge is 0.141 e. The van der Waals surface area contributed by atoms with E-state index in [2.05, 4.69) is 31.0 Å². The molecule has 0 amide bonds. The minimum atomic E-state index is -0.346. The molecule has 1 N–H and O–H groups in total. The number of nitrogens with zero attached hydrogens (tertiary/aromatic N) is 1. The van der Waals surface area contributed by atoms with Gasteiger partial charge in [-0.25, -0.2) is 4.39 Å². The van der Waals surface area contributed by atoms with Gasteiger partial charge in [0.05, 0.1) is 5.02 Å². The Morgan fingerprint density at radius 1 is 1.45 bits per heavy atom. The van der Waals surface area contributed by atoms with Gasteiger partial charge in [0.1, 0.15) is 5.82 Å². The van der Waals surface area contributed by atoms with E-state index in [0.29, 0.717) is 6.04 Å². The molecule has 0 aromatic heterocycles. The van der Waals surface area contributed by atoms with Crippen molar-refractivity contribution in [3.63, 3.8) is 0 Å². The zero-order valence-corrected chi connectivity index (χ0v) is 13.3. The molecule has 1 aromatic carbocycles. The Hall–Kier alpha value is -0.640. The fourth-order valence-corrected chi connectivity index (χ4v) is 3.09. The monoisotopic (exact) mass is 298 g/mol. The van der Waals surface area contributed by atoms with Crippen LogP contribution in [0, 0.1) is 5.82 Å². The molecule has 4 heteroatoms. The largest absolute Gasteiger partial charge is 0.309 e. The number of nitrogens with one attached hydrogen (secondary N) is 1. The van der Waals surface area contributed by atoms with Crippen LogP contribution in [0.15, 0.2) is 18.2 Å². The van der Waals surface area contributed by atoms with Crippen LogP contribution in [0.25, 0.3) is 0 Å². The third-order valence-corrected chi connectivity index (χ3v) is 4.21. The van der Waals surface area contributed by atoms with Crippen LogP contribution in [0.3, 0.4) is 0 Å². The molecule has 112 valence electrons. The van der Waals surface area contributed by atoms with Gasteiger partial charge in [-0.2, -0.15) is 0 Å². The molecule has 2 nitrogen and oxygen atoms in total. The highest BCUT2D eigenvalue weighted by atomic mass is 35.5. The van der Waals surface area contributed by atoms with Crippen molar-refractivity contribution in [1.82, 2.24) is 10.2 Å². The van der Waals surface area contributed by atoms with Crippen LogP contribution in [0.1, 0.15) is 39.2 Å². The molecular weight excluding hydrogens is 275 g/mol. The fourth-order valence-electron chi connectivity index (χ4n) is 2.89. The molecule has 0 spiro atoms. The van der Waals surface area contributed by atoms with Crippen molar-refractivity contribution in [3.05, 3.63) is 34.6 Å². The molecule has 1 fully saturated rings. The highest BCUT2D eigenvalue weighted by Crippen LogP contribution is 2.23. The maximum atomic E-state index is 13.2. The molecule has 2 rings (SSSR count). The number of benzene rings is 1. The molecule has 1 unspecified atom stereocenters. The van der Waals surface area contributed by atoms with Crippen LogP contribution in [0.4, 0.5) is 4.39 Å². The lowest BCUT2D eigenvalue weighted by Gasteiger charge is -2.44. The quantitative estimate of drug-likeness (QED) is 0.909. The Bertz CT molecular complexity index is 462. The van der Waals surface area contributed by atoms with E-state index in [4.69, 9.17) is 11.6 Å². The van der Waals surface area contributed by atoms with Gasteiger partial charge >= 0.3 is 0 Å². The molecule has 0 bridgehead atoms. The second-order valence-corrected chi connectivity index (χ2v) is 6.77. The van der Waals surface area contributed by atoms with E-state index in [1.807, 2.05) is 6.07 Å². The van der Waals surface area contributed by atoms with Gasteiger partial charge in [-0.15, -0.1) is 0 Å². The summed E-state index contributed by atoms with van der Waals surface area (Å²) in [5, 5.41) is 3.81. The summed E-state index contributed by atoms with van der Waals surface area (Å²) in [5.41, 5.74) is 1.20. The summed E-state index contributed by atoms with van der Waals surface area (Å²) in [6.07, 6.45) is 2.35. The lowest BCUT2D eigenvalue weighted by atomic mass is 9.96. The van der Waals surface area contributed by atoms with E-state index in [1.165, 1.54) is 18.9 Å². The van der Waals surface area contributed by atoms with Crippen LogP contribution >= 0.6 is 11.6 Å². The van der Waals surface area contributed by atoms with Crippen LogP contribution in [0.5, 0.6) is 0 Å². The molecule has 1 saturated heterocycles. The molecule has 0 aliphatic carbocycles. The van der Waals surface area contributed by atoms with Crippen molar-refractivity contribution in [2.24, 2.45) is 0 Å². The van der Waals surface area contributed by atoms with E-state index in [-0.39, 0.29) is 16.4 Å². The first-order valence-electron chi connectivity index (χ1n) is 7.34. The molecular formula is C16H24ClFN2. The molecule has 1 aliphatic heterocycles. The predicted octanol–water partition coefficient (Wildman–Crippen LogP) is 3.83. The summed E-state index contributed by atoms with van der Waals surface area (Å²) >= 11 is 5.88. The maximum Gasteiger partial charge on any atom is 0.141 e. The van der Waals surface area contributed by atoms with Crippen molar-refractivity contribution in [2.75, 3.05) is 13.1 Å². The lowest BCUT2D eigenvalue weighted by molar-refractivity contribution is 0.0826. The van der Waals surface area contributed by atoms with E-state index in [1.54, 1.807) is 6.07 Å². The minimum absolute atomic E-state index is 0.119. The summed E-state index contributed by atoms with van der Waals surface area (Å²) in [4.78, 5) is 2.49. The number of halogens is 2. The van der Waals surface area contributed by atoms with Gasteiger partial charge in [-0.3, -0.25) is 4.90 Å². The van der Waals surface area contributed by atoms with Gasteiger partial charge in [-0.05, 0) is 38.0 Å². The summed E-state index contributed by atoms with van der Waals surface area (Å²) in [5.74, 6) is -0.346. The van der Waals surface area contributed by atoms with Crippen LogP contribution < -0.4 is 5.32 Å². The Labute approximate surface area is 126 Å². The van der Waals surface area contributed by atoms with Crippen molar-refractivity contribution < 1.29 is 4.39 Å². The van der Waals surface area contributed by atoms with Gasteiger partial charge in [0.2, 0.25) is 0 Å². The number of hydrogen-bond acceptors (Lipinski definition) is 2. The fraction of sp³-hybridized carbons (Fsp3) is 0.625. The molecule has 1 atom stereocenters. The standard InChI is InChI=1S/C16H24ClFN2/c1-4-5-13-9-19-16(2,3)11-20(13)10-12-6-7-15(18)14(17)8-12/h6-8,13,19H,4-5,9-11H2,1-3H3. The Balaban J connectivity index is 2.11. The first-order chi connectivity index (χ1) is 9.41. The van der Waals surface area contributed by atoms with Gasteiger partial charge in [0, 0.05) is 31.2 Å². The molecule has 0 radical (unpaired) electrons. The molecule has 1 aliphatic rings. The van der Waals surface area contributed by atoms with Gasteiger partial charge < -0.3 is 5.32 Å². The van der Waals surface area contributed by atoms with Crippen LogP contribution in [-0.4, -0.2) is 29.6 Å². The van der Waals surface area contributed by atoms with Crippen molar-refractivity contribution in [1.29, 1.82) is 0 Å². The first-order valence-corrected chi connectivity index (χ1v) is 7.72. The second kappa shape index (κ2) is 6.42. The topological polar surface area (TPSA) is 15.3 Å². The average Bonchev–Trinajstić information content (AvgIpc) is 2.37. The number of rotatable bonds is 4. The van der Waals surface area contributed by atoms with Crippen molar-refractivity contribution >= 4 is 11.6 Å². The summed E-state index contributed by atoms with van der Waals surface area (Å²) in [7, 11) is 0. The SMILES string of the molecule is CCCC1CNC(C)(C)CN1Cc1ccc(F)c(Cl)c1. The normalized spacial score (nSPS) is 22.9. The molecule has 20 heavy (non-hydrogen) atoms. The van der Waals surface area contributed by atoms with E-state index in [0.717, 1.165) is 25.2 Å². The van der Waals surface area contributed by atoms with Gasteiger partial charge in [0.15, 0.2) is 0 Å².